The van der Waals surface area contributed by atoms with Crippen molar-refractivity contribution < 1.29 is 23.4 Å². The van der Waals surface area contributed by atoms with Crippen molar-refractivity contribution >= 4 is 39.1 Å². The van der Waals surface area contributed by atoms with Crippen LogP contribution in [0.15, 0.2) is 24.3 Å². The Morgan fingerprint density at radius 3 is 2.41 bits per heavy atom. The average Bonchev–Trinajstić information content (AvgIpc) is 3.55. The molecule has 1 spiro atoms. The molecule has 212 valence electrons. The number of piperidine rings is 1. The Hall–Kier alpha value is -2.96. The first-order valence-corrected chi connectivity index (χ1v) is 15.2. The number of nitrogens with zero attached hydrogens (tertiary/aromatic N) is 4. The van der Waals surface area contributed by atoms with Crippen LogP contribution in [0.5, 0.6) is 0 Å². The van der Waals surface area contributed by atoms with E-state index in [9.17, 15) is 18.3 Å². The zero-order valence-corrected chi connectivity index (χ0v) is 23.6. The fraction of sp³-hybridized carbons (Fsp3) is 0.593. The summed E-state index contributed by atoms with van der Waals surface area (Å²) in [6.45, 7) is 7.81. The second-order valence-corrected chi connectivity index (χ2v) is 13.6. The van der Waals surface area contributed by atoms with Crippen LogP contribution in [0.4, 0.5) is 23.1 Å². The lowest BCUT2D eigenvalue weighted by molar-refractivity contribution is 0.00416. The Morgan fingerprint density at radius 1 is 1.10 bits per heavy atom. The van der Waals surface area contributed by atoms with Gasteiger partial charge >= 0.3 is 0 Å². The van der Waals surface area contributed by atoms with Crippen molar-refractivity contribution in [2.45, 2.75) is 52.1 Å². The SMILES string of the molecule is Cc1cc(NC(=O)c2ccc(NS(=O)(=O)CCO)cc2N2CCC3(CC2)CC3)nc(N2CC(C(C)(C)O)C2)n1. The average molecular weight is 559 g/mol. The number of aromatic nitrogens is 2. The highest BCUT2D eigenvalue weighted by molar-refractivity contribution is 7.92. The summed E-state index contributed by atoms with van der Waals surface area (Å²) in [6.07, 6.45) is 4.59. The van der Waals surface area contributed by atoms with Gasteiger partial charge in [0.2, 0.25) is 16.0 Å². The smallest absolute Gasteiger partial charge is 0.258 e. The molecule has 3 fully saturated rings. The number of aryl methyl sites for hydroxylation is 1. The quantitative estimate of drug-likeness (QED) is 0.364. The van der Waals surface area contributed by atoms with Crippen molar-refractivity contribution in [1.29, 1.82) is 0 Å². The Labute approximate surface area is 229 Å². The van der Waals surface area contributed by atoms with Gasteiger partial charge in [-0.25, -0.2) is 13.4 Å². The number of benzene rings is 1. The van der Waals surface area contributed by atoms with E-state index in [4.69, 9.17) is 5.11 Å². The van der Waals surface area contributed by atoms with Crippen molar-refractivity contribution in [3.8, 4) is 0 Å². The van der Waals surface area contributed by atoms with Crippen LogP contribution in [-0.2, 0) is 10.0 Å². The lowest BCUT2D eigenvalue weighted by Gasteiger charge is -2.45. The molecule has 1 saturated carbocycles. The van der Waals surface area contributed by atoms with Crippen LogP contribution >= 0.6 is 0 Å². The van der Waals surface area contributed by atoms with Gasteiger partial charge in [0.1, 0.15) is 5.82 Å². The molecular weight excluding hydrogens is 520 g/mol. The largest absolute Gasteiger partial charge is 0.395 e. The van der Waals surface area contributed by atoms with Gasteiger partial charge in [0, 0.05) is 43.9 Å². The number of carbonyl (C=O) groups excluding carboxylic acids is 1. The Bertz CT molecular complexity index is 1340. The predicted molar refractivity (Wildman–Crippen MR) is 151 cm³/mol. The minimum absolute atomic E-state index is 0.120. The molecule has 0 bridgehead atoms. The summed E-state index contributed by atoms with van der Waals surface area (Å²) in [4.78, 5) is 26.8. The third kappa shape index (κ3) is 6.28. The Morgan fingerprint density at radius 2 is 1.79 bits per heavy atom. The maximum atomic E-state index is 13.6. The molecule has 0 radical (unpaired) electrons. The number of sulfonamides is 1. The van der Waals surface area contributed by atoms with E-state index in [1.807, 2.05) is 11.8 Å². The molecular formula is C27H38N6O5S. The van der Waals surface area contributed by atoms with E-state index in [1.54, 1.807) is 38.1 Å². The highest BCUT2D eigenvalue weighted by Gasteiger charge is 2.44. The van der Waals surface area contributed by atoms with Crippen LogP contribution in [0.3, 0.4) is 0 Å². The Balaban J connectivity index is 1.37. The molecule has 3 heterocycles. The molecule has 3 aliphatic rings. The molecule has 1 aliphatic carbocycles. The van der Waals surface area contributed by atoms with Crippen molar-refractivity contribution in [1.82, 2.24) is 9.97 Å². The number of rotatable bonds is 9. The van der Waals surface area contributed by atoms with E-state index < -0.39 is 28.0 Å². The maximum absolute atomic E-state index is 13.6. The van der Waals surface area contributed by atoms with Crippen LogP contribution < -0.4 is 19.8 Å². The van der Waals surface area contributed by atoms with E-state index in [0.717, 1.165) is 25.9 Å². The molecule has 1 aromatic carbocycles. The fourth-order valence-corrected chi connectivity index (χ4v) is 6.16. The molecule has 1 amide bonds. The predicted octanol–water partition coefficient (Wildman–Crippen LogP) is 2.36. The van der Waals surface area contributed by atoms with Crippen LogP contribution in [-0.4, -0.2) is 78.6 Å². The van der Waals surface area contributed by atoms with Crippen LogP contribution in [0.25, 0.3) is 0 Å². The van der Waals surface area contributed by atoms with E-state index >= 15 is 0 Å². The van der Waals surface area contributed by atoms with Gasteiger partial charge < -0.3 is 25.3 Å². The lowest BCUT2D eigenvalue weighted by atomic mass is 9.85. The molecule has 0 atom stereocenters. The van der Waals surface area contributed by atoms with Gasteiger partial charge in [-0.15, -0.1) is 0 Å². The number of carbonyl (C=O) groups is 1. The summed E-state index contributed by atoms with van der Waals surface area (Å²) in [6, 6.07) is 6.60. The molecule has 2 aromatic rings. The van der Waals surface area contributed by atoms with Crippen LogP contribution in [0.2, 0.25) is 0 Å². The number of hydrogen-bond donors (Lipinski definition) is 4. The second kappa shape index (κ2) is 10.2. The van der Waals surface area contributed by atoms with Gasteiger partial charge in [-0.2, -0.15) is 4.98 Å². The van der Waals surface area contributed by atoms with Crippen LogP contribution in [0.1, 0.15) is 55.6 Å². The van der Waals surface area contributed by atoms with Gasteiger partial charge in [0.25, 0.3) is 5.91 Å². The normalized spacial score (nSPS) is 19.1. The third-order valence-corrected chi connectivity index (χ3v) is 9.51. The second-order valence-electron chi connectivity index (χ2n) is 11.8. The number of nitrogens with one attached hydrogen (secondary N) is 2. The molecule has 4 N–H and O–H groups in total. The van der Waals surface area contributed by atoms with E-state index in [2.05, 4.69) is 24.9 Å². The molecule has 39 heavy (non-hydrogen) atoms. The number of aliphatic hydroxyl groups is 2. The summed E-state index contributed by atoms with van der Waals surface area (Å²) in [7, 11) is -3.71. The zero-order chi connectivity index (χ0) is 28.0. The number of amides is 1. The third-order valence-electron chi connectivity index (χ3n) is 8.25. The highest BCUT2D eigenvalue weighted by Crippen LogP contribution is 2.54. The lowest BCUT2D eigenvalue weighted by Crippen LogP contribution is -2.56. The zero-order valence-electron chi connectivity index (χ0n) is 22.8. The summed E-state index contributed by atoms with van der Waals surface area (Å²) >= 11 is 0. The highest BCUT2D eigenvalue weighted by atomic mass is 32.2. The molecule has 11 nitrogen and oxygen atoms in total. The summed E-state index contributed by atoms with van der Waals surface area (Å²) in [5.41, 5.74) is 1.81. The Kier molecular flexibility index (Phi) is 7.23. The molecule has 5 rings (SSSR count). The summed E-state index contributed by atoms with van der Waals surface area (Å²) < 4.78 is 27.0. The number of aliphatic hydroxyl groups excluding tert-OH is 1. The first kappa shape index (κ1) is 27.6. The monoisotopic (exact) mass is 558 g/mol. The fourth-order valence-electron chi connectivity index (χ4n) is 5.33. The van der Waals surface area contributed by atoms with Crippen molar-refractivity contribution in [2.24, 2.45) is 11.3 Å². The number of anilines is 4. The van der Waals surface area contributed by atoms with Gasteiger partial charge in [-0.1, -0.05) is 0 Å². The van der Waals surface area contributed by atoms with Gasteiger partial charge in [0.15, 0.2) is 0 Å². The minimum Gasteiger partial charge on any atom is -0.395 e. The molecule has 2 saturated heterocycles. The minimum atomic E-state index is -3.71. The van der Waals surface area contributed by atoms with Crippen LogP contribution in [0, 0.1) is 18.3 Å². The van der Waals surface area contributed by atoms with Gasteiger partial charge in [-0.3, -0.25) is 9.52 Å². The molecule has 1 aromatic heterocycles. The maximum Gasteiger partial charge on any atom is 0.258 e. The summed E-state index contributed by atoms with van der Waals surface area (Å²) in [5.74, 6) is 0.256. The number of hydrogen-bond acceptors (Lipinski definition) is 9. The first-order valence-electron chi connectivity index (χ1n) is 13.5. The van der Waals surface area contributed by atoms with E-state index in [-0.39, 0.29) is 11.8 Å². The summed E-state index contributed by atoms with van der Waals surface area (Å²) in [5, 5.41) is 22.3. The topological polar surface area (TPSA) is 148 Å². The van der Waals surface area contributed by atoms with Gasteiger partial charge in [-0.05, 0) is 70.1 Å². The van der Waals surface area contributed by atoms with E-state index in [1.165, 1.54) is 12.8 Å². The van der Waals surface area contributed by atoms with Crippen molar-refractivity contribution in [3.05, 3.63) is 35.5 Å². The van der Waals surface area contributed by atoms with Crippen molar-refractivity contribution in [2.75, 3.05) is 58.4 Å². The molecule has 2 aliphatic heterocycles. The van der Waals surface area contributed by atoms with Crippen molar-refractivity contribution in [3.63, 3.8) is 0 Å². The van der Waals surface area contributed by atoms with E-state index in [0.29, 0.717) is 52.9 Å². The standard InChI is InChI=1S/C27H38N6O5S/c1-18-14-23(30-25(28-18)33-16-19(17-33)26(2,3)36)29-24(35)21-5-4-20(31-39(37,38)13-12-34)15-22(21)32-10-8-27(6-7-27)9-11-32/h4-5,14-15,19,31,34,36H,6-13,16-17H2,1-3H3,(H,28,29,30,35). The molecule has 0 unspecified atom stereocenters. The van der Waals surface area contributed by atoms with Gasteiger partial charge in [0.05, 0.1) is 34.9 Å². The first-order chi connectivity index (χ1) is 18.4. The molecule has 12 heteroatoms.